The number of primary amides is 1. The van der Waals surface area contributed by atoms with Crippen LogP contribution in [0.2, 0.25) is 0 Å². The molecule has 0 radical (unpaired) electrons. The third-order valence-electron chi connectivity index (χ3n) is 1.59. The van der Waals surface area contributed by atoms with Gasteiger partial charge in [-0.3, -0.25) is 4.79 Å². The molecule has 0 fully saturated rings. The summed E-state index contributed by atoms with van der Waals surface area (Å²) in [5, 5.41) is 0. The quantitative estimate of drug-likeness (QED) is 0.790. The number of rotatable bonds is 1. The fourth-order valence-electron chi connectivity index (χ4n) is 0.956. The summed E-state index contributed by atoms with van der Waals surface area (Å²) in [4.78, 5) is 10.8. The van der Waals surface area contributed by atoms with Crippen LogP contribution < -0.4 is 5.73 Å². The highest BCUT2D eigenvalue weighted by Gasteiger charge is 2.12. The van der Waals surface area contributed by atoms with Crippen LogP contribution in [-0.4, -0.2) is 5.91 Å². The van der Waals surface area contributed by atoms with Crippen LogP contribution in [-0.2, 0) is 0 Å². The average Bonchev–Trinajstić information content (AvgIpc) is 1.97. The predicted molar refractivity (Wildman–Crippen MR) is 47.4 cm³/mol. The van der Waals surface area contributed by atoms with Crippen LogP contribution >= 0.6 is 15.9 Å². The molecule has 0 spiro atoms. The first-order valence-electron chi connectivity index (χ1n) is 3.28. The molecule has 2 nitrogen and oxygen atoms in total. The van der Waals surface area contributed by atoms with Gasteiger partial charge in [0.25, 0.3) is 0 Å². The lowest BCUT2D eigenvalue weighted by molar-refractivity contribution is 0.0998. The minimum Gasteiger partial charge on any atom is -0.366 e. The molecule has 0 aliphatic carbocycles. The molecule has 12 heavy (non-hydrogen) atoms. The van der Waals surface area contributed by atoms with Crippen molar-refractivity contribution in [2.24, 2.45) is 5.73 Å². The lowest BCUT2D eigenvalue weighted by Crippen LogP contribution is -2.14. The molecular formula is C8H7BrFNO. The molecule has 1 amide bonds. The number of carbonyl (C=O) groups excluding carboxylic acids is 1. The number of benzene rings is 1. The Balaban J connectivity index is 3.43. The highest BCUT2D eigenvalue weighted by atomic mass is 79.9. The second-order valence-corrected chi connectivity index (χ2v) is 3.25. The van der Waals surface area contributed by atoms with Gasteiger partial charge in [0.1, 0.15) is 5.82 Å². The van der Waals surface area contributed by atoms with E-state index in [1.165, 1.54) is 19.1 Å². The van der Waals surface area contributed by atoms with E-state index in [-0.39, 0.29) is 11.1 Å². The Hall–Kier alpha value is -0.900. The normalized spacial score (nSPS) is 9.92. The second kappa shape index (κ2) is 3.23. The van der Waals surface area contributed by atoms with Crippen LogP contribution in [0.3, 0.4) is 0 Å². The Labute approximate surface area is 77.7 Å². The first kappa shape index (κ1) is 9.19. The highest BCUT2D eigenvalue weighted by molar-refractivity contribution is 9.10. The fraction of sp³-hybridized carbons (Fsp3) is 0.125. The molecule has 0 aliphatic heterocycles. The van der Waals surface area contributed by atoms with Gasteiger partial charge in [-0.25, -0.2) is 4.39 Å². The maximum Gasteiger partial charge on any atom is 0.250 e. The van der Waals surface area contributed by atoms with Crippen molar-refractivity contribution in [2.75, 3.05) is 0 Å². The maximum atomic E-state index is 12.9. The lowest BCUT2D eigenvalue weighted by Gasteiger charge is -2.04. The van der Waals surface area contributed by atoms with Crippen LogP contribution in [0.1, 0.15) is 15.9 Å². The molecule has 0 bridgehead atoms. The highest BCUT2D eigenvalue weighted by Crippen LogP contribution is 2.21. The van der Waals surface area contributed by atoms with Crippen molar-refractivity contribution in [3.8, 4) is 0 Å². The van der Waals surface area contributed by atoms with Crippen LogP contribution in [0.15, 0.2) is 16.6 Å². The molecule has 2 N–H and O–H groups in total. The van der Waals surface area contributed by atoms with Gasteiger partial charge in [0.2, 0.25) is 5.91 Å². The van der Waals surface area contributed by atoms with Gasteiger partial charge in [-0.2, -0.15) is 0 Å². The summed E-state index contributed by atoms with van der Waals surface area (Å²) in [5.74, 6) is -1.05. The summed E-state index contributed by atoms with van der Waals surface area (Å²) in [6, 6.07) is 2.74. The van der Waals surface area contributed by atoms with Gasteiger partial charge >= 0.3 is 0 Å². The van der Waals surface area contributed by atoms with Crippen LogP contribution in [0.4, 0.5) is 4.39 Å². The Bertz CT molecular complexity index is 338. The molecule has 1 aromatic carbocycles. The standard InChI is InChI=1S/C8H7BrFNO/c1-4-6(10)3-2-5(9)7(4)8(11)12/h2-3H,1H3,(H2,11,12). The second-order valence-electron chi connectivity index (χ2n) is 2.39. The SMILES string of the molecule is Cc1c(F)ccc(Br)c1C(N)=O. The van der Waals surface area contributed by atoms with Crippen molar-refractivity contribution in [2.45, 2.75) is 6.92 Å². The molecule has 0 aromatic heterocycles. The third kappa shape index (κ3) is 1.48. The lowest BCUT2D eigenvalue weighted by atomic mass is 10.1. The minimum atomic E-state index is -0.626. The van der Waals surface area contributed by atoms with E-state index in [1.54, 1.807) is 0 Å². The van der Waals surface area contributed by atoms with Gasteiger partial charge in [0.15, 0.2) is 0 Å². The van der Waals surface area contributed by atoms with Gasteiger partial charge in [-0.05, 0) is 40.5 Å². The molecular weight excluding hydrogens is 225 g/mol. The molecule has 0 unspecified atom stereocenters. The molecule has 0 aliphatic rings. The molecule has 0 saturated heterocycles. The zero-order valence-corrected chi connectivity index (χ0v) is 7.98. The number of hydrogen-bond donors (Lipinski definition) is 1. The van der Waals surface area contributed by atoms with E-state index in [2.05, 4.69) is 15.9 Å². The summed E-state index contributed by atoms with van der Waals surface area (Å²) < 4.78 is 13.4. The van der Waals surface area contributed by atoms with Gasteiger partial charge in [-0.1, -0.05) is 0 Å². The van der Waals surface area contributed by atoms with E-state index < -0.39 is 11.7 Å². The minimum absolute atomic E-state index is 0.204. The predicted octanol–water partition coefficient (Wildman–Crippen LogP) is 2.00. The van der Waals surface area contributed by atoms with Gasteiger partial charge < -0.3 is 5.73 Å². The van der Waals surface area contributed by atoms with E-state index in [9.17, 15) is 9.18 Å². The summed E-state index contributed by atoms with van der Waals surface area (Å²) in [6.45, 7) is 1.51. The molecule has 0 saturated carbocycles. The van der Waals surface area contributed by atoms with Gasteiger partial charge in [0, 0.05) is 4.47 Å². The summed E-state index contributed by atoms with van der Waals surface area (Å²) in [5.41, 5.74) is 5.53. The summed E-state index contributed by atoms with van der Waals surface area (Å²) in [7, 11) is 0. The van der Waals surface area contributed by atoms with Crippen molar-refractivity contribution in [3.63, 3.8) is 0 Å². The molecule has 1 rings (SSSR count). The largest absolute Gasteiger partial charge is 0.366 e. The Morgan fingerprint density at radius 1 is 1.58 bits per heavy atom. The number of amides is 1. The van der Waals surface area contributed by atoms with E-state index >= 15 is 0 Å². The first-order valence-corrected chi connectivity index (χ1v) is 4.07. The Morgan fingerprint density at radius 3 is 2.58 bits per heavy atom. The summed E-state index contributed by atoms with van der Waals surface area (Å²) >= 11 is 3.11. The van der Waals surface area contributed by atoms with Crippen LogP contribution in [0, 0.1) is 12.7 Å². The van der Waals surface area contributed by atoms with E-state index in [4.69, 9.17) is 5.73 Å². The zero-order valence-electron chi connectivity index (χ0n) is 6.40. The number of hydrogen-bond acceptors (Lipinski definition) is 1. The van der Waals surface area contributed by atoms with Crippen molar-refractivity contribution >= 4 is 21.8 Å². The zero-order chi connectivity index (χ0) is 9.30. The summed E-state index contributed by atoms with van der Waals surface area (Å²) in [6.07, 6.45) is 0. The topological polar surface area (TPSA) is 43.1 Å². The molecule has 0 heterocycles. The number of carbonyl (C=O) groups is 1. The van der Waals surface area contributed by atoms with Gasteiger partial charge in [0.05, 0.1) is 5.56 Å². The number of nitrogens with two attached hydrogens (primary N) is 1. The Morgan fingerprint density at radius 2 is 2.17 bits per heavy atom. The van der Waals surface area contributed by atoms with Gasteiger partial charge in [-0.15, -0.1) is 0 Å². The smallest absolute Gasteiger partial charge is 0.250 e. The van der Waals surface area contributed by atoms with Crippen molar-refractivity contribution in [3.05, 3.63) is 33.5 Å². The maximum absolute atomic E-state index is 12.9. The van der Waals surface area contributed by atoms with Crippen molar-refractivity contribution < 1.29 is 9.18 Å². The van der Waals surface area contributed by atoms with E-state index in [0.717, 1.165) is 0 Å². The molecule has 4 heteroatoms. The molecule has 64 valence electrons. The third-order valence-corrected chi connectivity index (χ3v) is 2.26. The van der Waals surface area contributed by atoms with Crippen molar-refractivity contribution in [1.29, 1.82) is 0 Å². The molecule has 0 atom stereocenters. The van der Waals surface area contributed by atoms with E-state index in [0.29, 0.717) is 4.47 Å². The average molecular weight is 232 g/mol. The first-order chi connectivity index (χ1) is 5.54. The number of halogens is 2. The van der Waals surface area contributed by atoms with Crippen molar-refractivity contribution in [1.82, 2.24) is 0 Å². The van der Waals surface area contributed by atoms with E-state index in [1.807, 2.05) is 0 Å². The molecule has 1 aromatic rings. The van der Waals surface area contributed by atoms with Crippen LogP contribution in [0.25, 0.3) is 0 Å². The fourth-order valence-corrected chi connectivity index (χ4v) is 1.58. The Kier molecular flexibility index (Phi) is 2.47. The van der Waals surface area contributed by atoms with Crippen LogP contribution in [0.5, 0.6) is 0 Å². The monoisotopic (exact) mass is 231 g/mol.